The summed E-state index contributed by atoms with van der Waals surface area (Å²) in [4.78, 5) is 11.8. The van der Waals surface area contributed by atoms with Gasteiger partial charge in [0.15, 0.2) is 0 Å². The van der Waals surface area contributed by atoms with Crippen LogP contribution in [0.1, 0.15) is 91.4 Å². The molecule has 20 heavy (non-hydrogen) atoms. The lowest BCUT2D eigenvalue weighted by molar-refractivity contribution is -0.122. The van der Waals surface area contributed by atoms with Crippen molar-refractivity contribution in [1.82, 2.24) is 5.32 Å². The van der Waals surface area contributed by atoms with E-state index < -0.39 is 0 Å². The van der Waals surface area contributed by atoms with E-state index in [-0.39, 0.29) is 11.4 Å². The van der Waals surface area contributed by atoms with Crippen LogP contribution < -0.4 is 11.1 Å². The smallest absolute Gasteiger partial charge is 0.220 e. The fourth-order valence-corrected chi connectivity index (χ4v) is 2.46. The molecule has 1 amide bonds. The molecule has 0 aromatic rings. The molecule has 3 heteroatoms. The van der Waals surface area contributed by atoms with Crippen LogP contribution in [0.4, 0.5) is 0 Å². The van der Waals surface area contributed by atoms with Gasteiger partial charge in [-0.2, -0.15) is 0 Å². The summed E-state index contributed by atoms with van der Waals surface area (Å²) in [7, 11) is 0. The van der Waals surface area contributed by atoms with Crippen molar-refractivity contribution in [1.29, 1.82) is 0 Å². The van der Waals surface area contributed by atoms with Gasteiger partial charge in [0, 0.05) is 12.0 Å². The third-order valence-corrected chi connectivity index (χ3v) is 3.75. The van der Waals surface area contributed by atoms with Crippen LogP contribution in [0.25, 0.3) is 0 Å². The Morgan fingerprint density at radius 1 is 0.950 bits per heavy atom. The van der Waals surface area contributed by atoms with E-state index in [0.717, 1.165) is 12.8 Å². The molecule has 0 aromatic carbocycles. The van der Waals surface area contributed by atoms with E-state index in [2.05, 4.69) is 12.2 Å². The van der Waals surface area contributed by atoms with E-state index in [1.165, 1.54) is 51.4 Å². The third-order valence-electron chi connectivity index (χ3n) is 3.75. The quantitative estimate of drug-likeness (QED) is 0.499. The normalized spacial score (nSPS) is 11.6. The minimum absolute atomic E-state index is 0.162. The molecule has 0 aliphatic heterocycles. The zero-order chi connectivity index (χ0) is 15.3. The van der Waals surface area contributed by atoms with Crippen LogP contribution in [0.2, 0.25) is 0 Å². The minimum atomic E-state index is -0.162. The predicted molar refractivity (Wildman–Crippen MR) is 87.7 cm³/mol. The molecule has 0 aromatic heterocycles. The summed E-state index contributed by atoms with van der Waals surface area (Å²) in [6.07, 6.45) is 13.1. The zero-order valence-corrected chi connectivity index (χ0v) is 14.0. The maximum Gasteiger partial charge on any atom is 0.220 e. The summed E-state index contributed by atoms with van der Waals surface area (Å²) >= 11 is 0. The second kappa shape index (κ2) is 12.2. The van der Waals surface area contributed by atoms with Crippen molar-refractivity contribution in [3.8, 4) is 0 Å². The molecule has 0 atom stereocenters. The molecule has 0 fully saturated rings. The van der Waals surface area contributed by atoms with Gasteiger partial charge in [-0.25, -0.2) is 0 Å². The molecule has 0 saturated heterocycles. The number of rotatable bonds is 13. The lowest BCUT2D eigenvalue weighted by atomic mass is 10.00. The Bertz CT molecular complexity index is 239. The minimum Gasteiger partial charge on any atom is -0.351 e. The summed E-state index contributed by atoms with van der Waals surface area (Å²) in [5.41, 5.74) is 5.38. The van der Waals surface area contributed by atoms with Gasteiger partial charge in [-0.15, -0.1) is 0 Å². The van der Waals surface area contributed by atoms with Gasteiger partial charge in [-0.3, -0.25) is 4.79 Å². The van der Waals surface area contributed by atoms with Gasteiger partial charge in [0.1, 0.15) is 0 Å². The molecule has 0 aliphatic carbocycles. The molecular formula is C17H36N2O. The maximum absolute atomic E-state index is 11.8. The van der Waals surface area contributed by atoms with Gasteiger partial charge in [0.2, 0.25) is 5.91 Å². The van der Waals surface area contributed by atoms with E-state index >= 15 is 0 Å². The number of carbonyl (C=O) groups excluding carboxylic acids is 1. The molecule has 0 aliphatic rings. The van der Waals surface area contributed by atoms with Gasteiger partial charge in [0.25, 0.3) is 0 Å². The average Bonchev–Trinajstić information content (AvgIpc) is 2.36. The Balaban J connectivity index is 3.40. The Morgan fingerprint density at radius 3 is 1.95 bits per heavy atom. The van der Waals surface area contributed by atoms with Gasteiger partial charge >= 0.3 is 0 Å². The molecule has 0 saturated carbocycles. The second-order valence-corrected chi connectivity index (χ2v) is 6.55. The lowest BCUT2D eigenvalue weighted by Crippen LogP contribution is -2.44. The largest absolute Gasteiger partial charge is 0.351 e. The van der Waals surface area contributed by atoms with E-state index in [1.54, 1.807) is 0 Å². The first-order valence-electron chi connectivity index (χ1n) is 8.53. The average molecular weight is 284 g/mol. The van der Waals surface area contributed by atoms with Crippen molar-refractivity contribution in [2.24, 2.45) is 5.73 Å². The summed E-state index contributed by atoms with van der Waals surface area (Å²) in [6.45, 7) is 6.94. The number of nitrogens with two attached hydrogens (primary N) is 1. The molecular weight excluding hydrogens is 248 g/mol. The van der Waals surface area contributed by atoms with Crippen molar-refractivity contribution >= 4 is 5.91 Å². The molecule has 0 radical (unpaired) electrons. The number of hydrogen-bond donors (Lipinski definition) is 2. The fraction of sp³-hybridized carbons (Fsp3) is 0.941. The van der Waals surface area contributed by atoms with E-state index in [0.29, 0.717) is 13.0 Å². The topological polar surface area (TPSA) is 55.1 Å². The number of carbonyl (C=O) groups is 1. The molecule has 0 bridgehead atoms. The number of amides is 1. The highest BCUT2D eigenvalue weighted by molar-refractivity contribution is 5.76. The molecule has 0 heterocycles. The maximum atomic E-state index is 11.8. The van der Waals surface area contributed by atoms with Crippen molar-refractivity contribution in [2.75, 3.05) is 6.54 Å². The Hall–Kier alpha value is -0.570. The Kier molecular flexibility index (Phi) is 11.8. The van der Waals surface area contributed by atoms with E-state index in [9.17, 15) is 4.79 Å². The van der Waals surface area contributed by atoms with Gasteiger partial charge in [0.05, 0.1) is 0 Å². The van der Waals surface area contributed by atoms with Gasteiger partial charge < -0.3 is 11.1 Å². The summed E-state index contributed by atoms with van der Waals surface area (Å²) in [6, 6.07) is 0. The number of hydrogen-bond acceptors (Lipinski definition) is 2. The van der Waals surface area contributed by atoms with Crippen molar-refractivity contribution in [3.63, 3.8) is 0 Å². The standard InChI is InChI=1S/C17H36N2O/c1-4-5-6-7-8-9-10-11-12-13-16(20)19-17(2,3)14-15-18/h4-15,18H2,1-3H3,(H,19,20). The molecule has 0 rings (SSSR count). The third kappa shape index (κ3) is 12.5. The van der Waals surface area contributed by atoms with Crippen LogP contribution >= 0.6 is 0 Å². The van der Waals surface area contributed by atoms with Crippen LogP contribution in [0.15, 0.2) is 0 Å². The summed E-state index contributed by atoms with van der Waals surface area (Å²) < 4.78 is 0. The van der Waals surface area contributed by atoms with Crippen LogP contribution in [-0.4, -0.2) is 18.0 Å². The molecule has 3 nitrogen and oxygen atoms in total. The second-order valence-electron chi connectivity index (χ2n) is 6.55. The molecule has 120 valence electrons. The summed E-state index contributed by atoms with van der Waals surface area (Å²) in [5, 5.41) is 3.06. The Labute approximate surface area is 126 Å². The summed E-state index contributed by atoms with van der Waals surface area (Å²) in [5.74, 6) is 0.173. The molecule has 3 N–H and O–H groups in total. The number of unbranched alkanes of at least 4 members (excludes halogenated alkanes) is 8. The predicted octanol–water partition coefficient (Wildman–Crippen LogP) is 4.15. The van der Waals surface area contributed by atoms with Gasteiger partial charge in [-0.05, 0) is 33.2 Å². The van der Waals surface area contributed by atoms with Crippen molar-refractivity contribution in [2.45, 2.75) is 96.9 Å². The molecule has 0 unspecified atom stereocenters. The van der Waals surface area contributed by atoms with Gasteiger partial charge in [-0.1, -0.05) is 58.3 Å². The molecule has 0 spiro atoms. The highest BCUT2D eigenvalue weighted by atomic mass is 16.1. The number of nitrogens with one attached hydrogen (secondary N) is 1. The van der Waals surface area contributed by atoms with Crippen molar-refractivity contribution < 1.29 is 4.79 Å². The van der Waals surface area contributed by atoms with Crippen molar-refractivity contribution in [3.05, 3.63) is 0 Å². The first kappa shape index (κ1) is 19.4. The monoisotopic (exact) mass is 284 g/mol. The fourth-order valence-electron chi connectivity index (χ4n) is 2.46. The van der Waals surface area contributed by atoms with E-state index in [4.69, 9.17) is 5.73 Å². The van der Waals surface area contributed by atoms with E-state index in [1.807, 2.05) is 13.8 Å². The van der Waals surface area contributed by atoms with Crippen LogP contribution in [-0.2, 0) is 4.79 Å². The van der Waals surface area contributed by atoms with Crippen LogP contribution in [0, 0.1) is 0 Å². The van der Waals surface area contributed by atoms with Crippen LogP contribution in [0.5, 0.6) is 0 Å². The Morgan fingerprint density at radius 2 is 1.45 bits per heavy atom. The lowest BCUT2D eigenvalue weighted by Gasteiger charge is -2.25. The first-order valence-corrected chi connectivity index (χ1v) is 8.53. The first-order chi connectivity index (χ1) is 9.52. The SMILES string of the molecule is CCCCCCCCCCCC(=O)NC(C)(C)CCN. The van der Waals surface area contributed by atoms with Crippen LogP contribution in [0.3, 0.4) is 0 Å². The zero-order valence-electron chi connectivity index (χ0n) is 14.0. The highest BCUT2D eigenvalue weighted by Crippen LogP contribution is 2.11. The highest BCUT2D eigenvalue weighted by Gasteiger charge is 2.18.